The summed E-state index contributed by atoms with van der Waals surface area (Å²) in [5.41, 5.74) is 1.66. The predicted octanol–water partition coefficient (Wildman–Crippen LogP) is 3.78. The summed E-state index contributed by atoms with van der Waals surface area (Å²) in [6.07, 6.45) is 0. The van der Waals surface area contributed by atoms with Gasteiger partial charge in [-0.2, -0.15) is 5.90 Å². The van der Waals surface area contributed by atoms with Crippen LogP contribution in [0.5, 0.6) is 0 Å². The second-order valence-electron chi connectivity index (χ2n) is 6.56. The largest absolute Gasteiger partial charge is 0.465 e. The van der Waals surface area contributed by atoms with E-state index in [2.05, 4.69) is 10.0 Å². The van der Waals surface area contributed by atoms with E-state index < -0.39 is 11.9 Å². The Morgan fingerprint density at radius 2 is 1.77 bits per heavy atom. The number of nitrogens with zero attached hydrogens (tertiary/aromatic N) is 1. The molecule has 0 unspecified atom stereocenters. The molecule has 0 bridgehead atoms. The van der Waals surface area contributed by atoms with Crippen LogP contribution in [0.25, 0.3) is 33.4 Å². The molecular formula is C22H14N2O7. The molecule has 2 aromatic rings. The molecule has 9 nitrogen and oxygen atoms in total. The molecule has 0 saturated heterocycles. The molecular weight excluding hydrogens is 404 g/mol. The quantitative estimate of drug-likeness (QED) is 0.229. The third kappa shape index (κ3) is 3.43. The van der Waals surface area contributed by atoms with E-state index in [1.165, 1.54) is 49.6 Å². The zero-order valence-corrected chi connectivity index (χ0v) is 16.1. The van der Waals surface area contributed by atoms with Gasteiger partial charge in [-0.05, 0) is 53.2 Å². The number of fused-ring (bicyclic) bond motifs is 2. The molecule has 0 saturated carbocycles. The van der Waals surface area contributed by atoms with Gasteiger partial charge in [0.1, 0.15) is 17.0 Å². The monoisotopic (exact) mass is 418 g/mol. The van der Waals surface area contributed by atoms with Crippen molar-refractivity contribution < 1.29 is 23.6 Å². The summed E-state index contributed by atoms with van der Waals surface area (Å²) >= 11 is 0. The molecule has 0 spiro atoms. The highest BCUT2D eigenvalue weighted by Gasteiger charge is 2.24. The van der Waals surface area contributed by atoms with Gasteiger partial charge in [0, 0.05) is 28.6 Å². The van der Waals surface area contributed by atoms with Crippen molar-refractivity contribution in [3.05, 3.63) is 80.9 Å². The van der Waals surface area contributed by atoms with E-state index in [9.17, 15) is 19.3 Å². The van der Waals surface area contributed by atoms with Gasteiger partial charge in [-0.15, -0.1) is 4.91 Å². The molecule has 31 heavy (non-hydrogen) atoms. The lowest BCUT2D eigenvalue weighted by Crippen LogP contribution is -2.12. The highest BCUT2D eigenvalue weighted by molar-refractivity contribution is 6.09. The number of methoxy groups -OCH3 is 1. The number of carbonyl (C=O) groups excluding carboxylic acids is 2. The smallest absolute Gasteiger partial charge is 0.356 e. The lowest BCUT2D eigenvalue weighted by atomic mass is 9.89. The second-order valence-corrected chi connectivity index (χ2v) is 6.56. The Bertz CT molecular complexity index is 1390. The number of hydrogen-bond donors (Lipinski definition) is 1. The number of benzene rings is 3. The summed E-state index contributed by atoms with van der Waals surface area (Å²) in [4.78, 5) is 51.7. The van der Waals surface area contributed by atoms with Crippen LogP contribution in [-0.4, -0.2) is 19.0 Å². The van der Waals surface area contributed by atoms with Crippen molar-refractivity contribution in [2.24, 2.45) is 11.1 Å². The molecule has 0 aromatic heterocycles. The zero-order valence-electron chi connectivity index (χ0n) is 16.1. The Labute approximate surface area is 174 Å². The number of esters is 1. The Morgan fingerprint density at radius 3 is 2.48 bits per heavy atom. The van der Waals surface area contributed by atoms with Crippen LogP contribution in [-0.2, 0) is 9.57 Å². The van der Waals surface area contributed by atoms with Crippen molar-refractivity contribution in [3.63, 3.8) is 0 Å². The highest BCUT2D eigenvalue weighted by Crippen LogP contribution is 2.42. The molecule has 2 N–H and O–H groups in total. The Kier molecular flexibility index (Phi) is 5.02. The standard InChI is InChI=1S/C22H14N2O7/c1-29-22(27)14-5-2-11(21(26)31-23)8-17(14)20-15-6-3-12(24-28)9-18(15)30-19-10-13(25)4-7-16(19)20/h2-10H,23H2,1H3. The number of nitroso groups, excluding NO2 is 1. The van der Waals surface area contributed by atoms with Crippen molar-refractivity contribution in [3.8, 4) is 22.5 Å². The van der Waals surface area contributed by atoms with Crippen LogP contribution >= 0.6 is 0 Å². The van der Waals surface area contributed by atoms with Gasteiger partial charge >= 0.3 is 11.9 Å². The van der Waals surface area contributed by atoms with Gasteiger partial charge in [0.15, 0.2) is 5.43 Å². The van der Waals surface area contributed by atoms with Crippen LogP contribution < -0.4 is 11.3 Å². The first kappa shape index (κ1) is 19.9. The van der Waals surface area contributed by atoms with Gasteiger partial charge in [-0.1, -0.05) is 0 Å². The Balaban J connectivity index is 2.18. The topological polar surface area (TPSA) is 138 Å². The van der Waals surface area contributed by atoms with Gasteiger partial charge in [0.05, 0.1) is 18.2 Å². The molecule has 1 heterocycles. The summed E-state index contributed by atoms with van der Waals surface area (Å²) in [5, 5.41) is 3.42. The van der Waals surface area contributed by atoms with Gasteiger partial charge < -0.3 is 14.0 Å². The molecule has 4 rings (SSSR count). The summed E-state index contributed by atoms with van der Waals surface area (Å²) in [7, 11) is 1.23. The maximum absolute atomic E-state index is 12.5. The van der Waals surface area contributed by atoms with Crippen molar-refractivity contribution in [2.75, 3.05) is 7.11 Å². The Morgan fingerprint density at radius 1 is 0.968 bits per heavy atom. The minimum absolute atomic E-state index is 0.0962. The van der Waals surface area contributed by atoms with Gasteiger partial charge in [0.25, 0.3) is 0 Å². The molecule has 9 heteroatoms. The fourth-order valence-electron chi connectivity index (χ4n) is 3.44. The molecule has 0 atom stereocenters. The van der Waals surface area contributed by atoms with E-state index in [1.807, 2.05) is 0 Å². The molecule has 1 aliphatic carbocycles. The highest BCUT2D eigenvalue weighted by atomic mass is 16.7. The average molecular weight is 418 g/mol. The van der Waals surface area contributed by atoms with Crippen LogP contribution in [0.3, 0.4) is 0 Å². The molecule has 154 valence electrons. The summed E-state index contributed by atoms with van der Waals surface area (Å²) in [6, 6.07) is 12.9. The predicted molar refractivity (Wildman–Crippen MR) is 111 cm³/mol. The minimum atomic E-state index is -0.804. The minimum Gasteiger partial charge on any atom is -0.465 e. The average Bonchev–Trinajstić information content (AvgIpc) is 2.80. The molecule has 2 aromatic carbocycles. The summed E-state index contributed by atoms with van der Waals surface area (Å²) in [6.45, 7) is 0. The molecule has 0 fully saturated rings. The number of nitrogens with two attached hydrogens (primary N) is 1. The van der Waals surface area contributed by atoms with Crippen LogP contribution in [0.4, 0.5) is 5.69 Å². The summed E-state index contributed by atoms with van der Waals surface area (Å²) < 4.78 is 10.7. The van der Waals surface area contributed by atoms with E-state index in [0.717, 1.165) is 0 Å². The molecule has 0 radical (unpaired) electrons. The second kappa shape index (κ2) is 7.81. The number of carbonyl (C=O) groups is 2. The van der Waals surface area contributed by atoms with Crippen LogP contribution in [0, 0.1) is 4.91 Å². The maximum Gasteiger partial charge on any atom is 0.356 e. The van der Waals surface area contributed by atoms with Crippen molar-refractivity contribution >= 4 is 28.6 Å². The van der Waals surface area contributed by atoms with Crippen molar-refractivity contribution in [1.82, 2.24) is 0 Å². The van der Waals surface area contributed by atoms with Crippen LogP contribution in [0.1, 0.15) is 20.7 Å². The first-order valence-electron chi connectivity index (χ1n) is 8.94. The van der Waals surface area contributed by atoms with Gasteiger partial charge in [-0.25, -0.2) is 9.59 Å². The normalized spacial score (nSPS) is 10.8. The number of rotatable bonds is 4. The van der Waals surface area contributed by atoms with Crippen LogP contribution in [0.15, 0.2) is 69.0 Å². The van der Waals surface area contributed by atoms with Gasteiger partial charge in [0.2, 0.25) is 0 Å². The van der Waals surface area contributed by atoms with Crippen LogP contribution in [0.2, 0.25) is 0 Å². The van der Waals surface area contributed by atoms with E-state index in [-0.39, 0.29) is 33.6 Å². The lowest BCUT2D eigenvalue weighted by molar-refractivity contribution is 0.0501. The first-order valence-corrected chi connectivity index (χ1v) is 8.94. The summed E-state index contributed by atoms with van der Waals surface area (Å²) in [5.74, 6) is 3.79. The molecule has 2 aliphatic rings. The van der Waals surface area contributed by atoms with Gasteiger partial charge in [-0.3, -0.25) is 4.79 Å². The SMILES string of the molecule is COC(=O)c1ccc(C(=O)ON)cc1-c1c2ccc(=O)cc-2oc2cc(N=O)ccc12. The number of hydrogen-bond acceptors (Lipinski definition) is 9. The lowest BCUT2D eigenvalue weighted by Gasteiger charge is -2.17. The first-order chi connectivity index (χ1) is 15.0. The Hall–Kier alpha value is -4.37. The molecule has 1 aliphatic heterocycles. The zero-order chi connectivity index (χ0) is 22.1. The van der Waals surface area contributed by atoms with Crippen molar-refractivity contribution in [1.29, 1.82) is 0 Å². The van der Waals surface area contributed by atoms with Crippen molar-refractivity contribution in [2.45, 2.75) is 0 Å². The number of ether oxygens (including phenoxy) is 1. The fourth-order valence-corrected chi connectivity index (χ4v) is 3.44. The van der Waals surface area contributed by atoms with E-state index in [4.69, 9.17) is 15.1 Å². The molecule has 0 amide bonds. The maximum atomic E-state index is 12.5. The van der Waals surface area contributed by atoms with E-state index >= 15 is 0 Å². The van der Waals surface area contributed by atoms with E-state index in [1.54, 1.807) is 12.1 Å². The fraction of sp³-hybridized carbons (Fsp3) is 0.0455. The third-order valence-corrected chi connectivity index (χ3v) is 4.82. The third-order valence-electron chi connectivity index (χ3n) is 4.82. The van der Waals surface area contributed by atoms with E-state index in [0.29, 0.717) is 22.1 Å².